The summed E-state index contributed by atoms with van der Waals surface area (Å²) >= 11 is 0. The van der Waals surface area contributed by atoms with Crippen molar-refractivity contribution in [1.82, 2.24) is 10.9 Å². The van der Waals surface area contributed by atoms with Gasteiger partial charge in [-0.05, 0) is 47.9 Å². The first kappa shape index (κ1) is 20.9. The summed E-state index contributed by atoms with van der Waals surface area (Å²) in [4.78, 5) is 24.2. The fourth-order valence-electron chi connectivity index (χ4n) is 2.82. The lowest BCUT2D eigenvalue weighted by Gasteiger charge is -2.15. The third-order valence-electron chi connectivity index (χ3n) is 4.49. The van der Waals surface area contributed by atoms with Crippen molar-refractivity contribution in [2.24, 2.45) is 0 Å². The summed E-state index contributed by atoms with van der Waals surface area (Å²) in [7, 11) is 1.58. The summed E-state index contributed by atoms with van der Waals surface area (Å²) in [5.41, 5.74) is 7.78. The van der Waals surface area contributed by atoms with Crippen molar-refractivity contribution in [2.75, 3.05) is 7.11 Å². The van der Waals surface area contributed by atoms with Gasteiger partial charge in [-0.1, -0.05) is 54.6 Å². The Morgan fingerprint density at radius 2 is 1.40 bits per heavy atom. The van der Waals surface area contributed by atoms with Crippen LogP contribution in [0.4, 0.5) is 0 Å². The Morgan fingerprint density at radius 3 is 2.03 bits per heavy atom. The summed E-state index contributed by atoms with van der Waals surface area (Å²) in [5.74, 6) is 0.523. The second kappa shape index (κ2) is 10.1. The highest BCUT2D eigenvalue weighted by Gasteiger charge is 2.15. The topological polar surface area (TPSA) is 76.7 Å². The van der Waals surface area contributed by atoms with Crippen molar-refractivity contribution in [2.45, 2.75) is 19.4 Å². The van der Waals surface area contributed by atoms with Gasteiger partial charge in [0.15, 0.2) is 6.10 Å². The molecule has 0 aromatic heterocycles. The molecular formula is C24H24N2O4. The van der Waals surface area contributed by atoms with E-state index in [1.54, 1.807) is 38.3 Å². The van der Waals surface area contributed by atoms with Gasteiger partial charge >= 0.3 is 0 Å². The molecule has 0 fully saturated rings. The molecule has 2 amide bonds. The number of carbonyl (C=O) groups is 2. The van der Waals surface area contributed by atoms with Gasteiger partial charge < -0.3 is 9.47 Å². The van der Waals surface area contributed by atoms with Gasteiger partial charge in [-0.2, -0.15) is 0 Å². The standard InChI is InChI=1S/C24H24N2O4/c1-17(30-22-14-10-20(11-15-22)19-6-4-3-5-7-19)24(28)26-25-23(27)16-18-8-12-21(29-2)13-9-18/h3-15,17H,16H2,1-2H3,(H,25,27)(H,26,28). The molecule has 0 saturated heterocycles. The molecule has 3 rings (SSSR count). The quantitative estimate of drug-likeness (QED) is 0.591. The maximum absolute atomic E-state index is 12.2. The summed E-state index contributed by atoms with van der Waals surface area (Å²) in [6.07, 6.45) is -0.630. The molecule has 0 heterocycles. The van der Waals surface area contributed by atoms with Crippen LogP contribution in [0, 0.1) is 0 Å². The Morgan fingerprint density at radius 1 is 0.800 bits per heavy atom. The summed E-state index contributed by atoms with van der Waals surface area (Å²) < 4.78 is 10.8. The first-order valence-corrected chi connectivity index (χ1v) is 9.59. The third kappa shape index (κ3) is 5.85. The predicted molar refractivity (Wildman–Crippen MR) is 115 cm³/mol. The van der Waals surface area contributed by atoms with E-state index >= 15 is 0 Å². The van der Waals surface area contributed by atoms with Gasteiger partial charge in [-0.25, -0.2) is 0 Å². The Hall–Kier alpha value is -3.80. The van der Waals surface area contributed by atoms with Crippen molar-refractivity contribution < 1.29 is 19.1 Å². The van der Waals surface area contributed by atoms with Crippen LogP contribution in [0.1, 0.15) is 12.5 Å². The Labute approximate surface area is 175 Å². The second-order valence-corrected chi connectivity index (χ2v) is 6.71. The molecule has 0 bridgehead atoms. The van der Waals surface area contributed by atoms with E-state index in [-0.39, 0.29) is 12.3 Å². The minimum atomic E-state index is -0.770. The van der Waals surface area contributed by atoms with Gasteiger partial charge in [-0.3, -0.25) is 20.4 Å². The van der Waals surface area contributed by atoms with Crippen molar-refractivity contribution in [3.63, 3.8) is 0 Å². The number of nitrogens with one attached hydrogen (secondary N) is 2. The van der Waals surface area contributed by atoms with Crippen LogP contribution in [-0.2, 0) is 16.0 Å². The van der Waals surface area contributed by atoms with Crippen molar-refractivity contribution in [1.29, 1.82) is 0 Å². The molecule has 6 nitrogen and oxygen atoms in total. The van der Waals surface area contributed by atoms with E-state index < -0.39 is 12.0 Å². The first-order valence-electron chi connectivity index (χ1n) is 9.59. The number of rotatable bonds is 7. The SMILES string of the molecule is COc1ccc(CC(=O)NNC(=O)C(C)Oc2ccc(-c3ccccc3)cc2)cc1. The monoisotopic (exact) mass is 404 g/mol. The van der Waals surface area contributed by atoms with Gasteiger partial charge in [0.1, 0.15) is 11.5 Å². The number of ether oxygens (including phenoxy) is 2. The Kier molecular flexibility index (Phi) is 7.05. The van der Waals surface area contributed by atoms with E-state index in [1.165, 1.54) is 0 Å². The summed E-state index contributed by atoms with van der Waals surface area (Å²) in [6, 6.07) is 24.6. The lowest BCUT2D eigenvalue weighted by atomic mass is 10.1. The van der Waals surface area contributed by atoms with Gasteiger partial charge in [0.05, 0.1) is 13.5 Å². The van der Waals surface area contributed by atoms with Crippen LogP contribution in [0.15, 0.2) is 78.9 Å². The minimum Gasteiger partial charge on any atom is -0.497 e. The molecule has 0 aliphatic rings. The molecule has 2 N–H and O–H groups in total. The molecule has 3 aromatic rings. The highest BCUT2D eigenvalue weighted by atomic mass is 16.5. The van der Waals surface area contributed by atoms with Crippen LogP contribution in [0.3, 0.4) is 0 Å². The molecule has 6 heteroatoms. The van der Waals surface area contributed by atoms with E-state index in [2.05, 4.69) is 10.9 Å². The van der Waals surface area contributed by atoms with Gasteiger partial charge in [0.2, 0.25) is 5.91 Å². The molecule has 1 unspecified atom stereocenters. The molecule has 0 aliphatic heterocycles. The van der Waals surface area contributed by atoms with E-state index in [4.69, 9.17) is 9.47 Å². The van der Waals surface area contributed by atoms with Crippen molar-refractivity contribution >= 4 is 11.8 Å². The number of benzene rings is 3. The minimum absolute atomic E-state index is 0.139. The molecule has 0 radical (unpaired) electrons. The molecule has 0 aliphatic carbocycles. The van der Waals surface area contributed by atoms with Crippen LogP contribution < -0.4 is 20.3 Å². The lowest BCUT2D eigenvalue weighted by Crippen LogP contribution is -2.47. The van der Waals surface area contributed by atoms with Crippen LogP contribution >= 0.6 is 0 Å². The maximum atomic E-state index is 12.2. The summed E-state index contributed by atoms with van der Waals surface area (Å²) in [6.45, 7) is 1.62. The van der Waals surface area contributed by atoms with E-state index in [0.717, 1.165) is 22.4 Å². The number of methoxy groups -OCH3 is 1. The first-order chi connectivity index (χ1) is 14.5. The zero-order valence-corrected chi connectivity index (χ0v) is 16.9. The largest absolute Gasteiger partial charge is 0.497 e. The Bertz CT molecular complexity index is 970. The molecular weight excluding hydrogens is 380 g/mol. The van der Waals surface area contributed by atoms with Crippen molar-refractivity contribution in [3.8, 4) is 22.6 Å². The van der Waals surface area contributed by atoms with E-state index in [9.17, 15) is 9.59 Å². The van der Waals surface area contributed by atoms with Crippen molar-refractivity contribution in [3.05, 3.63) is 84.4 Å². The molecule has 0 spiro atoms. The predicted octanol–water partition coefficient (Wildman–Crippen LogP) is 3.52. The molecule has 3 aromatic carbocycles. The Balaban J connectivity index is 1.46. The average molecular weight is 404 g/mol. The lowest BCUT2D eigenvalue weighted by molar-refractivity contribution is -0.132. The fraction of sp³-hybridized carbons (Fsp3) is 0.167. The van der Waals surface area contributed by atoms with Gasteiger partial charge in [0.25, 0.3) is 5.91 Å². The molecule has 1 atom stereocenters. The summed E-state index contributed by atoms with van der Waals surface area (Å²) in [5, 5.41) is 0. The van der Waals surface area contributed by atoms with Gasteiger partial charge in [-0.15, -0.1) is 0 Å². The van der Waals surface area contributed by atoms with Crippen LogP contribution in [0.5, 0.6) is 11.5 Å². The normalized spacial score (nSPS) is 11.3. The molecule has 154 valence electrons. The number of hydrazine groups is 1. The zero-order chi connectivity index (χ0) is 21.3. The smallest absolute Gasteiger partial charge is 0.279 e. The maximum Gasteiger partial charge on any atom is 0.279 e. The van der Waals surface area contributed by atoms with Crippen LogP contribution in [-0.4, -0.2) is 25.0 Å². The zero-order valence-electron chi connectivity index (χ0n) is 16.9. The highest BCUT2D eigenvalue weighted by Crippen LogP contribution is 2.22. The number of hydrogen-bond donors (Lipinski definition) is 2. The second-order valence-electron chi connectivity index (χ2n) is 6.71. The number of hydrogen-bond acceptors (Lipinski definition) is 4. The van der Waals surface area contributed by atoms with E-state index in [1.807, 2.05) is 54.6 Å². The highest BCUT2D eigenvalue weighted by molar-refractivity contribution is 5.85. The molecule has 0 saturated carbocycles. The van der Waals surface area contributed by atoms with E-state index in [0.29, 0.717) is 5.75 Å². The number of amides is 2. The number of carbonyl (C=O) groups excluding carboxylic acids is 2. The third-order valence-corrected chi connectivity index (χ3v) is 4.49. The van der Waals surface area contributed by atoms with Gasteiger partial charge in [0, 0.05) is 0 Å². The molecule has 30 heavy (non-hydrogen) atoms. The van der Waals surface area contributed by atoms with Crippen LogP contribution in [0.2, 0.25) is 0 Å². The fourth-order valence-corrected chi connectivity index (χ4v) is 2.82. The van der Waals surface area contributed by atoms with Crippen LogP contribution in [0.25, 0.3) is 11.1 Å². The average Bonchev–Trinajstić information content (AvgIpc) is 2.79.